The van der Waals surface area contributed by atoms with E-state index in [-0.39, 0.29) is 5.02 Å². The number of pyridine rings is 1. The minimum Gasteiger partial charge on any atom is -0.398 e. The second kappa shape index (κ2) is 5.25. The third kappa shape index (κ3) is 2.91. The highest BCUT2D eigenvalue weighted by atomic mass is 79.9. The zero-order valence-electron chi connectivity index (χ0n) is 8.45. The molecule has 1 heterocycles. The first-order chi connectivity index (χ1) is 8.08. The van der Waals surface area contributed by atoms with Gasteiger partial charge >= 0.3 is 0 Å². The molecule has 0 fully saturated rings. The van der Waals surface area contributed by atoms with Crippen molar-refractivity contribution in [1.82, 2.24) is 4.98 Å². The van der Waals surface area contributed by atoms with Crippen LogP contribution in [0.3, 0.4) is 0 Å². The van der Waals surface area contributed by atoms with E-state index in [1.54, 1.807) is 6.20 Å². The first kappa shape index (κ1) is 12.7. The van der Waals surface area contributed by atoms with E-state index in [2.05, 4.69) is 20.9 Å². The van der Waals surface area contributed by atoms with E-state index < -0.39 is 5.82 Å². The number of anilines is 1. The van der Waals surface area contributed by atoms with Crippen LogP contribution in [-0.2, 0) is 0 Å². The molecule has 2 nitrogen and oxygen atoms in total. The number of nitrogens with two attached hydrogens (primary N) is 1. The SMILES string of the molecule is Nc1cc(F)c(Cl)cc1Sc1ncccc1Br. The molecule has 1 aromatic heterocycles. The van der Waals surface area contributed by atoms with Gasteiger partial charge in [0.15, 0.2) is 0 Å². The monoisotopic (exact) mass is 332 g/mol. The van der Waals surface area contributed by atoms with E-state index in [9.17, 15) is 4.39 Å². The zero-order chi connectivity index (χ0) is 12.4. The van der Waals surface area contributed by atoms with Gasteiger partial charge in [0.1, 0.15) is 10.8 Å². The molecule has 0 bridgehead atoms. The number of nitrogens with zero attached hydrogens (tertiary/aromatic N) is 1. The van der Waals surface area contributed by atoms with E-state index in [0.717, 1.165) is 9.50 Å². The van der Waals surface area contributed by atoms with E-state index in [1.807, 2.05) is 12.1 Å². The fourth-order valence-corrected chi connectivity index (χ4v) is 2.75. The average molecular weight is 334 g/mol. The van der Waals surface area contributed by atoms with Gasteiger partial charge in [0.25, 0.3) is 0 Å². The number of benzene rings is 1. The molecule has 17 heavy (non-hydrogen) atoms. The minimum atomic E-state index is -0.520. The maximum absolute atomic E-state index is 13.1. The van der Waals surface area contributed by atoms with Gasteiger partial charge in [-0.1, -0.05) is 23.4 Å². The lowest BCUT2D eigenvalue weighted by atomic mass is 10.3. The Bertz CT molecular complexity index is 565. The number of nitrogen functional groups attached to an aromatic ring is 1. The van der Waals surface area contributed by atoms with Crippen molar-refractivity contribution in [3.63, 3.8) is 0 Å². The highest BCUT2D eigenvalue weighted by Gasteiger charge is 2.10. The van der Waals surface area contributed by atoms with Crippen LogP contribution >= 0.6 is 39.3 Å². The van der Waals surface area contributed by atoms with Crippen molar-refractivity contribution >= 4 is 45.0 Å². The summed E-state index contributed by atoms with van der Waals surface area (Å²) in [7, 11) is 0. The summed E-state index contributed by atoms with van der Waals surface area (Å²) in [5.74, 6) is -0.520. The highest BCUT2D eigenvalue weighted by molar-refractivity contribution is 9.10. The summed E-state index contributed by atoms with van der Waals surface area (Å²) in [6.45, 7) is 0. The first-order valence-electron chi connectivity index (χ1n) is 4.61. The van der Waals surface area contributed by atoms with Gasteiger partial charge in [0.2, 0.25) is 0 Å². The van der Waals surface area contributed by atoms with Crippen LogP contribution < -0.4 is 5.73 Å². The third-order valence-electron chi connectivity index (χ3n) is 1.98. The summed E-state index contributed by atoms with van der Waals surface area (Å²) in [5.41, 5.74) is 6.07. The largest absolute Gasteiger partial charge is 0.398 e. The summed E-state index contributed by atoms with van der Waals surface area (Å²) in [4.78, 5) is 4.87. The van der Waals surface area contributed by atoms with Crippen LogP contribution in [0.2, 0.25) is 5.02 Å². The molecule has 0 unspecified atom stereocenters. The molecule has 0 spiro atoms. The molecule has 0 aliphatic heterocycles. The smallest absolute Gasteiger partial charge is 0.143 e. The highest BCUT2D eigenvalue weighted by Crippen LogP contribution is 2.36. The van der Waals surface area contributed by atoms with Crippen molar-refractivity contribution in [2.75, 3.05) is 5.73 Å². The lowest BCUT2D eigenvalue weighted by molar-refractivity contribution is 0.628. The molecular weight excluding hydrogens is 327 g/mol. The number of aromatic nitrogens is 1. The van der Waals surface area contributed by atoms with Gasteiger partial charge in [-0.05, 0) is 40.2 Å². The van der Waals surface area contributed by atoms with Crippen LogP contribution in [0.5, 0.6) is 0 Å². The summed E-state index contributed by atoms with van der Waals surface area (Å²) in [5, 5.41) is 0.802. The fraction of sp³-hybridized carbons (Fsp3) is 0. The van der Waals surface area contributed by atoms with Gasteiger partial charge in [0, 0.05) is 16.8 Å². The van der Waals surface area contributed by atoms with Gasteiger partial charge in [0.05, 0.1) is 9.50 Å². The maximum atomic E-state index is 13.1. The second-order valence-corrected chi connectivity index (χ2v) is 5.49. The Hall–Kier alpha value is -0.780. The Morgan fingerprint density at radius 2 is 2.18 bits per heavy atom. The summed E-state index contributed by atoms with van der Waals surface area (Å²) >= 11 is 10.4. The topological polar surface area (TPSA) is 38.9 Å². The summed E-state index contributed by atoms with van der Waals surface area (Å²) in [6.07, 6.45) is 1.68. The standard InChI is InChI=1S/C11H7BrClFN2S/c12-6-2-1-3-16-11(6)17-10-4-7(13)8(14)5-9(10)15/h1-5H,15H2. The molecule has 0 amide bonds. The zero-order valence-corrected chi connectivity index (χ0v) is 11.6. The summed E-state index contributed by atoms with van der Waals surface area (Å²) in [6, 6.07) is 6.39. The normalized spacial score (nSPS) is 10.5. The lowest BCUT2D eigenvalue weighted by Crippen LogP contribution is -1.91. The van der Waals surface area contributed by atoms with Gasteiger partial charge in [-0.15, -0.1) is 0 Å². The molecule has 0 aliphatic carbocycles. The van der Waals surface area contributed by atoms with Crippen molar-refractivity contribution in [2.24, 2.45) is 0 Å². The maximum Gasteiger partial charge on any atom is 0.143 e. The van der Waals surface area contributed by atoms with Crippen LogP contribution in [0, 0.1) is 5.82 Å². The van der Waals surface area contributed by atoms with E-state index in [1.165, 1.54) is 23.9 Å². The predicted molar refractivity (Wildman–Crippen MR) is 71.9 cm³/mol. The van der Waals surface area contributed by atoms with Gasteiger partial charge in [-0.25, -0.2) is 9.37 Å². The second-order valence-electron chi connectivity index (χ2n) is 3.20. The van der Waals surface area contributed by atoms with Crippen molar-refractivity contribution < 1.29 is 4.39 Å². The molecule has 0 saturated heterocycles. The molecule has 0 atom stereocenters. The molecule has 0 saturated carbocycles. The number of hydrogen-bond donors (Lipinski definition) is 1. The summed E-state index contributed by atoms with van der Waals surface area (Å²) < 4.78 is 14.0. The quantitative estimate of drug-likeness (QED) is 0.829. The first-order valence-corrected chi connectivity index (χ1v) is 6.59. The molecule has 2 rings (SSSR count). The molecule has 1 aromatic carbocycles. The van der Waals surface area contributed by atoms with Crippen molar-refractivity contribution in [3.05, 3.63) is 45.8 Å². The van der Waals surface area contributed by atoms with Gasteiger partial charge in [-0.2, -0.15) is 0 Å². The fourth-order valence-electron chi connectivity index (χ4n) is 1.18. The van der Waals surface area contributed by atoms with Gasteiger partial charge < -0.3 is 5.73 Å². The molecular formula is C11H7BrClFN2S. The predicted octanol–water partition coefficient (Wildman–Crippen LogP) is 4.37. The molecule has 2 aromatic rings. The Morgan fingerprint density at radius 1 is 1.41 bits per heavy atom. The average Bonchev–Trinajstić information content (AvgIpc) is 2.29. The molecule has 0 aliphatic rings. The van der Waals surface area contributed by atoms with E-state index >= 15 is 0 Å². The number of halogens is 3. The van der Waals surface area contributed by atoms with Crippen molar-refractivity contribution in [2.45, 2.75) is 9.92 Å². The molecule has 6 heteroatoms. The van der Waals surface area contributed by atoms with E-state index in [4.69, 9.17) is 17.3 Å². The van der Waals surface area contributed by atoms with Crippen molar-refractivity contribution in [3.8, 4) is 0 Å². The molecule has 2 N–H and O–H groups in total. The van der Waals surface area contributed by atoms with Crippen LogP contribution in [0.15, 0.2) is 44.9 Å². The molecule has 0 radical (unpaired) electrons. The molecule has 88 valence electrons. The Labute approximate surface area is 116 Å². The van der Waals surface area contributed by atoms with Crippen LogP contribution in [-0.4, -0.2) is 4.98 Å². The van der Waals surface area contributed by atoms with Crippen molar-refractivity contribution in [1.29, 1.82) is 0 Å². The van der Waals surface area contributed by atoms with Crippen LogP contribution in [0.4, 0.5) is 10.1 Å². The van der Waals surface area contributed by atoms with Gasteiger partial charge in [-0.3, -0.25) is 0 Å². The number of rotatable bonds is 2. The Kier molecular flexibility index (Phi) is 3.91. The minimum absolute atomic E-state index is 0.0498. The van der Waals surface area contributed by atoms with Crippen LogP contribution in [0.1, 0.15) is 0 Å². The lowest BCUT2D eigenvalue weighted by Gasteiger charge is -2.07. The van der Waals surface area contributed by atoms with E-state index in [0.29, 0.717) is 10.6 Å². The third-order valence-corrected chi connectivity index (χ3v) is 4.27. The Balaban J connectivity index is 2.37. The number of hydrogen-bond acceptors (Lipinski definition) is 3. The Morgan fingerprint density at radius 3 is 2.88 bits per heavy atom. The van der Waals surface area contributed by atoms with Crippen LogP contribution in [0.25, 0.3) is 0 Å².